The first-order valence-corrected chi connectivity index (χ1v) is 4.10. The molecule has 0 atom stereocenters. The Labute approximate surface area is 76.7 Å². The minimum atomic E-state index is -0.240. The molecule has 1 rings (SSSR count). The first-order chi connectivity index (χ1) is 6.02. The van der Waals surface area contributed by atoms with Crippen LogP contribution in [0.15, 0.2) is 4.52 Å². The average molecular weight is 183 g/mol. The number of amides is 1. The summed E-state index contributed by atoms with van der Waals surface area (Å²) in [6.07, 6.45) is 0. The van der Waals surface area contributed by atoms with E-state index < -0.39 is 0 Å². The lowest BCUT2D eigenvalue weighted by Crippen LogP contribution is -2.33. The molecule has 1 aromatic rings. The van der Waals surface area contributed by atoms with E-state index in [0.29, 0.717) is 5.82 Å². The summed E-state index contributed by atoms with van der Waals surface area (Å²) in [4.78, 5) is 16.9. The summed E-state index contributed by atoms with van der Waals surface area (Å²) >= 11 is 0. The molecule has 13 heavy (non-hydrogen) atoms. The molecule has 0 aliphatic carbocycles. The fourth-order valence-electron chi connectivity index (χ4n) is 0.769. The van der Waals surface area contributed by atoms with Crippen LogP contribution in [0.5, 0.6) is 0 Å². The number of hydrogen-bond donors (Lipinski definition) is 0. The maximum absolute atomic E-state index is 11.5. The Morgan fingerprint density at radius 3 is 2.54 bits per heavy atom. The van der Waals surface area contributed by atoms with Crippen LogP contribution < -0.4 is 0 Å². The number of rotatable bonds is 2. The molecule has 0 N–H and O–H groups in total. The fraction of sp³-hybridized carbons (Fsp3) is 0.625. The first-order valence-electron chi connectivity index (χ1n) is 4.10. The summed E-state index contributed by atoms with van der Waals surface area (Å²) in [5, 5.41) is 3.55. The van der Waals surface area contributed by atoms with Gasteiger partial charge in [0.05, 0.1) is 0 Å². The molecular formula is C8H13N3O2. The van der Waals surface area contributed by atoms with Crippen LogP contribution in [-0.2, 0) is 0 Å². The number of nitrogens with zero attached hydrogens (tertiary/aromatic N) is 3. The van der Waals surface area contributed by atoms with Crippen molar-refractivity contribution in [1.29, 1.82) is 0 Å². The van der Waals surface area contributed by atoms with Crippen LogP contribution in [0, 0.1) is 6.92 Å². The quantitative estimate of drug-likeness (QED) is 0.682. The summed E-state index contributed by atoms with van der Waals surface area (Å²) in [6, 6.07) is 0.125. The number of aromatic nitrogens is 2. The number of aryl methyl sites for hydroxylation is 1. The van der Waals surface area contributed by atoms with E-state index in [4.69, 9.17) is 4.52 Å². The van der Waals surface area contributed by atoms with Crippen molar-refractivity contribution in [3.05, 3.63) is 11.7 Å². The largest absolute Gasteiger partial charge is 0.335 e. The van der Waals surface area contributed by atoms with Gasteiger partial charge >= 0.3 is 11.8 Å². The number of carbonyl (C=O) groups is 1. The Balaban J connectivity index is 2.79. The molecule has 1 heterocycles. The molecule has 0 aromatic carbocycles. The molecule has 0 radical (unpaired) electrons. The Hall–Kier alpha value is -1.39. The van der Waals surface area contributed by atoms with Crippen molar-refractivity contribution in [3.8, 4) is 0 Å². The standard InChI is InChI=1S/C8H13N3O2/c1-5(2)11(4)8(12)7-9-6(3)10-13-7/h5H,1-4H3. The van der Waals surface area contributed by atoms with Gasteiger partial charge in [0.2, 0.25) is 0 Å². The van der Waals surface area contributed by atoms with Crippen molar-refractivity contribution in [2.75, 3.05) is 7.05 Å². The van der Waals surface area contributed by atoms with E-state index in [1.807, 2.05) is 13.8 Å². The van der Waals surface area contributed by atoms with Gasteiger partial charge in [-0.25, -0.2) is 0 Å². The SMILES string of the molecule is Cc1noc(C(=O)N(C)C(C)C)n1. The molecule has 0 aliphatic heterocycles. The molecule has 5 heteroatoms. The van der Waals surface area contributed by atoms with Gasteiger partial charge in [0, 0.05) is 13.1 Å². The van der Waals surface area contributed by atoms with Gasteiger partial charge in [-0.15, -0.1) is 0 Å². The van der Waals surface area contributed by atoms with E-state index in [9.17, 15) is 4.79 Å². The second-order valence-corrected chi connectivity index (χ2v) is 3.16. The normalized spacial score (nSPS) is 10.5. The second-order valence-electron chi connectivity index (χ2n) is 3.16. The monoisotopic (exact) mass is 183 g/mol. The van der Waals surface area contributed by atoms with Crippen molar-refractivity contribution < 1.29 is 9.32 Å². The molecule has 0 fully saturated rings. The summed E-state index contributed by atoms with van der Waals surface area (Å²) < 4.78 is 4.75. The van der Waals surface area contributed by atoms with Crippen LogP contribution in [0.3, 0.4) is 0 Å². The zero-order valence-electron chi connectivity index (χ0n) is 8.24. The third kappa shape index (κ3) is 2.05. The minimum absolute atomic E-state index is 0.0497. The fourth-order valence-corrected chi connectivity index (χ4v) is 0.769. The summed E-state index contributed by atoms with van der Waals surface area (Å²) in [5.74, 6) is 0.282. The first kappa shape index (κ1) is 9.70. The minimum Gasteiger partial charge on any atom is -0.335 e. The molecule has 0 spiro atoms. The summed E-state index contributed by atoms with van der Waals surface area (Å²) in [7, 11) is 1.70. The summed E-state index contributed by atoms with van der Waals surface area (Å²) in [5.41, 5.74) is 0. The maximum atomic E-state index is 11.5. The zero-order chi connectivity index (χ0) is 10.0. The highest BCUT2D eigenvalue weighted by Gasteiger charge is 2.19. The van der Waals surface area contributed by atoms with Crippen LogP contribution in [0.2, 0.25) is 0 Å². The number of carbonyl (C=O) groups excluding carboxylic acids is 1. The zero-order valence-corrected chi connectivity index (χ0v) is 8.24. The van der Waals surface area contributed by atoms with Crippen molar-refractivity contribution in [3.63, 3.8) is 0 Å². The van der Waals surface area contributed by atoms with Crippen LogP contribution in [-0.4, -0.2) is 34.0 Å². The third-order valence-corrected chi connectivity index (χ3v) is 1.81. The smallest absolute Gasteiger partial charge is 0.316 e. The summed E-state index contributed by atoms with van der Waals surface area (Å²) in [6.45, 7) is 5.51. The lowest BCUT2D eigenvalue weighted by atomic mass is 10.3. The predicted octanol–water partition coefficient (Wildman–Crippen LogP) is 0.858. The van der Waals surface area contributed by atoms with E-state index in [1.165, 1.54) is 0 Å². The Bertz CT molecular complexity index is 306. The molecule has 0 saturated carbocycles. The Morgan fingerprint density at radius 1 is 1.54 bits per heavy atom. The van der Waals surface area contributed by atoms with Crippen molar-refractivity contribution in [2.24, 2.45) is 0 Å². The van der Waals surface area contributed by atoms with Crippen LogP contribution >= 0.6 is 0 Å². The molecule has 0 bridgehead atoms. The molecule has 72 valence electrons. The van der Waals surface area contributed by atoms with Gasteiger partial charge < -0.3 is 9.42 Å². The molecule has 1 aromatic heterocycles. The van der Waals surface area contributed by atoms with Crippen LogP contribution in [0.25, 0.3) is 0 Å². The van der Waals surface area contributed by atoms with Gasteiger partial charge in [0.1, 0.15) is 0 Å². The van der Waals surface area contributed by atoms with Gasteiger partial charge in [0.15, 0.2) is 5.82 Å². The third-order valence-electron chi connectivity index (χ3n) is 1.81. The maximum Gasteiger partial charge on any atom is 0.316 e. The van der Waals surface area contributed by atoms with Crippen molar-refractivity contribution >= 4 is 5.91 Å². The molecule has 5 nitrogen and oxygen atoms in total. The van der Waals surface area contributed by atoms with Crippen molar-refractivity contribution in [2.45, 2.75) is 26.8 Å². The lowest BCUT2D eigenvalue weighted by molar-refractivity contribution is 0.0705. The lowest BCUT2D eigenvalue weighted by Gasteiger charge is -2.18. The topological polar surface area (TPSA) is 59.2 Å². The molecular weight excluding hydrogens is 170 g/mol. The van der Waals surface area contributed by atoms with Gasteiger partial charge in [0.25, 0.3) is 0 Å². The predicted molar refractivity (Wildman–Crippen MR) is 46.3 cm³/mol. The van der Waals surface area contributed by atoms with E-state index in [-0.39, 0.29) is 17.8 Å². The average Bonchev–Trinajstić information content (AvgIpc) is 2.49. The molecule has 1 amide bonds. The number of hydrogen-bond acceptors (Lipinski definition) is 4. The van der Waals surface area contributed by atoms with Crippen LogP contribution in [0.1, 0.15) is 30.4 Å². The molecule has 0 unspecified atom stereocenters. The molecule has 0 saturated heterocycles. The van der Waals surface area contributed by atoms with Gasteiger partial charge in [-0.3, -0.25) is 4.79 Å². The Morgan fingerprint density at radius 2 is 2.15 bits per heavy atom. The van der Waals surface area contributed by atoms with Crippen LogP contribution in [0.4, 0.5) is 0 Å². The highest BCUT2D eigenvalue weighted by molar-refractivity contribution is 5.89. The highest BCUT2D eigenvalue weighted by atomic mass is 16.5. The van der Waals surface area contributed by atoms with Gasteiger partial charge in [-0.05, 0) is 20.8 Å². The Kier molecular flexibility index (Phi) is 2.65. The molecule has 0 aliphatic rings. The highest BCUT2D eigenvalue weighted by Crippen LogP contribution is 2.03. The second kappa shape index (κ2) is 3.55. The van der Waals surface area contributed by atoms with Crippen molar-refractivity contribution in [1.82, 2.24) is 15.0 Å². The van der Waals surface area contributed by atoms with E-state index in [1.54, 1.807) is 18.9 Å². The van der Waals surface area contributed by atoms with E-state index in [2.05, 4.69) is 10.1 Å². The van der Waals surface area contributed by atoms with Gasteiger partial charge in [-0.1, -0.05) is 5.16 Å². The van der Waals surface area contributed by atoms with E-state index in [0.717, 1.165) is 0 Å². The van der Waals surface area contributed by atoms with E-state index >= 15 is 0 Å². The van der Waals surface area contributed by atoms with Gasteiger partial charge in [-0.2, -0.15) is 4.98 Å².